The van der Waals surface area contributed by atoms with Crippen molar-refractivity contribution in [1.82, 2.24) is 20.4 Å². The van der Waals surface area contributed by atoms with Gasteiger partial charge in [0, 0.05) is 58.8 Å². The lowest BCUT2D eigenvalue weighted by molar-refractivity contribution is -0.121. The zero-order chi connectivity index (χ0) is 18.1. The maximum Gasteiger partial charge on any atom is 0.220 e. The number of halogens is 1. The molecule has 25 heavy (non-hydrogen) atoms. The monoisotopic (exact) mass is 467 g/mol. The van der Waals surface area contributed by atoms with Crippen LogP contribution in [0.3, 0.4) is 0 Å². The van der Waals surface area contributed by atoms with E-state index in [0.29, 0.717) is 24.4 Å². The molecule has 1 saturated heterocycles. The number of aliphatic imine (C=N–C) groups is 1. The van der Waals surface area contributed by atoms with E-state index in [1.807, 2.05) is 7.05 Å². The number of hydrogen-bond donors (Lipinski definition) is 2. The average molecular weight is 467 g/mol. The molecule has 2 N–H and O–H groups in total. The highest BCUT2D eigenvalue weighted by atomic mass is 127. The molecule has 0 bridgehead atoms. The normalized spacial score (nSPS) is 16.4. The third kappa shape index (κ3) is 8.57. The Kier molecular flexibility index (Phi) is 12.4. The number of nitrogens with one attached hydrogen (secondary N) is 2. The van der Waals surface area contributed by atoms with Crippen molar-refractivity contribution in [2.45, 2.75) is 59.0 Å². The zero-order valence-corrected chi connectivity index (χ0v) is 19.2. The van der Waals surface area contributed by atoms with Crippen LogP contribution in [0.1, 0.15) is 47.0 Å². The van der Waals surface area contributed by atoms with Crippen molar-refractivity contribution in [1.29, 1.82) is 0 Å². The zero-order valence-electron chi connectivity index (χ0n) is 16.8. The van der Waals surface area contributed by atoms with Crippen LogP contribution >= 0.6 is 24.0 Å². The summed E-state index contributed by atoms with van der Waals surface area (Å²) in [6.07, 6.45) is 2.75. The van der Waals surface area contributed by atoms with Crippen LogP contribution in [-0.2, 0) is 4.79 Å². The Morgan fingerprint density at radius 3 is 2.20 bits per heavy atom. The van der Waals surface area contributed by atoms with Crippen molar-refractivity contribution in [3.8, 4) is 0 Å². The molecule has 1 fully saturated rings. The highest BCUT2D eigenvalue weighted by Crippen LogP contribution is 2.20. The molecule has 7 heteroatoms. The summed E-state index contributed by atoms with van der Waals surface area (Å²) < 4.78 is 0. The number of guanidine groups is 1. The van der Waals surface area contributed by atoms with Crippen LogP contribution < -0.4 is 10.6 Å². The van der Waals surface area contributed by atoms with E-state index in [9.17, 15) is 4.79 Å². The molecule has 1 aliphatic heterocycles. The quantitative estimate of drug-likeness (QED) is 0.342. The third-order valence-corrected chi connectivity index (χ3v) is 4.86. The second-order valence-corrected chi connectivity index (χ2v) is 7.21. The molecule has 1 aliphatic rings. The summed E-state index contributed by atoms with van der Waals surface area (Å²) in [6, 6.07) is 1.10. The van der Waals surface area contributed by atoms with Crippen molar-refractivity contribution in [3.05, 3.63) is 0 Å². The second kappa shape index (κ2) is 12.7. The maximum absolute atomic E-state index is 11.5. The molecule has 1 rings (SSSR count). The number of hydrogen-bond acceptors (Lipinski definition) is 3. The fourth-order valence-corrected chi connectivity index (χ4v) is 3.45. The summed E-state index contributed by atoms with van der Waals surface area (Å²) in [5.74, 6) is 1.64. The molecular weight excluding hydrogens is 429 g/mol. The van der Waals surface area contributed by atoms with Gasteiger partial charge in [-0.1, -0.05) is 0 Å². The summed E-state index contributed by atoms with van der Waals surface area (Å²) in [5.41, 5.74) is 0. The van der Waals surface area contributed by atoms with Gasteiger partial charge in [0.2, 0.25) is 5.91 Å². The van der Waals surface area contributed by atoms with Gasteiger partial charge in [0.15, 0.2) is 5.96 Å². The van der Waals surface area contributed by atoms with Gasteiger partial charge in [0.05, 0.1) is 0 Å². The van der Waals surface area contributed by atoms with Gasteiger partial charge in [-0.15, -0.1) is 24.0 Å². The fraction of sp³-hybridized carbons (Fsp3) is 0.889. The molecule has 1 heterocycles. The first kappa shape index (κ1) is 24.4. The van der Waals surface area contributed by atoms with E-state index in [1.54, 1.807) is 7.05 Å². The average Bonchev–Trinajstić information content (AvgIpc) is 2.55. The summed E-state index contributed by atoms with van der Waals surface area (Å²) >= 11 is 0. The van der Waals surface area contributed by atoms with Crippen LogP contribution in [0.4, 0.5) is 0 Å². The standard InChI is InChI=1S/C18H37N5O.HI/c1-14(2)23(15(3)4)12-9-21-18(20-6)22-10-7-16(8-11-22)13-17(24)19-5;/h14-16H,7-13H2,1-6H3,(H,19,24)(H,20,21);1H. The van der Waals surface area contributed by atoms with Gasteiger partial charge in [-0.05, 0) is 46.5 Å². The number of piperidine rings is 1. The Bertz CT molecular complexity index is 398. The Balaban J connectivity index is 0.00000576. The molecule has 0 spiro atoms. The number of carbonyl (C=O) groups excluding carboxylic acids is 1. The van der Waals surface area contributed by atoms with Gasteiger partial charge < -0.3 is 15.5 Å². The highest BCUT2D eigenvalue weighted by Gasteiger charge is 2.23. The smallest absolute Gasteiger partial charge is 0.220 e. The number of nitrogens with zero attached hydrogens (tertiary/aromatic N) is 3. The Labute approximate surface area is 171 Å². The summed E-state index contributed by atoms with van der Waals surface area (Å²) in [7, 11) is 3.56. The SMILES string of the molecule is CN=C(NCCN(C(C)C)C(C)C)N1CCC(CC(=O)NC)CC1.I. The molecule has 0 aromatic heterocycles. The number of likely N-dealkylation sites (tertiary alicyclic amines) is 1. The molecule has 1 amide bonds. The van der Waals surface area contributed by atoms with Crippen molar-refractivity contribution in [3.63, 3.8) is 0 Å². The van der Waals surface area contributed by atoms with Gasteiger partial charge in [0.25, 0.3) is 0 Å². The van der Waals surface area contributed by atoms with Gasteiger partial charge >= 0.3 is 0 Å². The first-order valence-corrected chi connectivity index (χ1v) is 9.30. The van der Waals surface area contributed by atoms with Crippen LogP contribution in [0.25, 0.3) is 0 Å². The lowest BCUT2D eigenvalue weighted by atomic mass is 9.93. The van der Waals surface area contributed by atoms with Crippen molar-refractivity contribution < 1.29 is 4.79 Å². The molecule has 0 radical (unpaired) electrons. The van der Waals surface area contributed by atoms with Gasteiger partial charge in [-0.25, -0.2) is 0 Å². The molecule has 0 aromatic rings. The highest BCUT2D eigenvalue weighted by molar-refractivity contribution is 14.0. The third-order valence-electron chi connectivity index (χ3n) is 4.86. The molecule has 0 atom stereocenters. The predicted octanol–water partition coefficient (Wildman–Crippen LogP) is 2.15. The van der Waals surface area contributed by atoms with E-state index in [4.69, 9.17) is 0 Å². The van der Waals surface area contributed by atoms with E-state index < -0.39 is 0 Å². The van der Waals surface area contributed by atoms with E-state index in [1.165, 1.54) is 0 Å². The topological polar surface area (TPSA) is 60.0 Å². The van der Waals surface area contributed by atoms with Crippen LogP contribution in [0, 0.1) is 5.92 Å². The van der Waals surface area contributed by atoms with E-state index >= 15 is 0 Å². The van der Waals surface area contributed by atoms with Gasteiger partial charge in [-0.2, -0.15) is 0 Å². The minimum atomic E-state index is 0. The van der Waals surface area contributed by atoms with Crippen LogP contribution in [-0.4, -0.2) is 74.0 Å². The lowest BCUT2D eigenvalue weighted by Gasteiger charge is -2.35. The second-order valence-electron chi connectivity index (χ2n) is 7.21. The van der Waals surface area contributed by atoms with Crippen molar-refractivity contribution in [2.75, 3.05) is 40.3 Å². The number of carbonyl (C=O) groups is 1. The molecule has 0 aromatic carbocycles. The first-order chi connectivity index (χ1) is 11.4. The van der Waals surface area contributed by atoms with E-state index in [2.05, 4.69) is 53.1 Å². The summed E-state index contributed by atoms with van der Waals surface area (Å²) in [5, 5.41) is 6.22. The Morgan fingerprint density at radius 1 is 1.20 bits per heavy atom. The fourth-order valence-electron chi connectivity index (χ4n) is 3.45. The minimum Gasteiger partial charge on any atom is -0.359 e. The molecular formula is C18H38IN5O. The molecule has 0 unspecified atom stereocenters. The molecule has 6 nitrogen and oxygen atoms in total. The van der Waals surface area contributed by atoms with E-state index in [-0.39, 0.29) is 29.9 Å². The molecule has 0 saturated carbocycles. The maximum atomic E-state index is 11.5. The summed E-state index contributed by atoms with van der Waals surface area (Å²) in [4.78, 5) is 20.7. The number of amides is 1. The Hall–Kier alpha value is -0.570. The largest absolute Gasteiger partial charge is 0.359 e. The Morgan fingerprint density at radius 2 is 1.76 bits per heavy atom. The van der Waals surface area contributed by atoms with Crippen molar-refractivity contribution in [2.24, 2.45) is 10.9 Å². The minimum absolute atomic E-state index is 0. The van der Waals surface area contributed by atoms with Crippen LogP contribution in [0.15, 0.2) is 4.99 Å². The van der Waals surface area contributed by atoms with Crippen LogP contribution in [0.5, 0.6) is 0 Å². The van der Waals surface area contributed by atoms with E-state index in [0.717, 1.165) is 45.0 Å². The van der Waals surface area contributed by atoms with Gasteiger partial charge in [0.1, 0.15) is 0 Å². The lowest BCUT2D eigenvalue weighted by Crippen LogP contribution is -2.49. The number of rotatable bonds is 7. The predicted molar refractivity (Wildman–Crippen MR) is 117 cm³/mol. The molecule has 148 valence electrons. The van der Waals surface area contributed by atoms with Gasteiger partial charge in [-0.3, -0.25) is 14.7 Å². The van der Waals surface area contributed by atoms with Crippen molar-refractivity contribution >= 4 is 35.8 Å². The summed E-state index contributed by atoms with van der Waals surface area (Å²) in [6.45, 7) is 12.8. The van der Waals surface area contributed by atoms with Crippen LogP contribution in [0.2, 0.25) is 0 Å². The first-order valence-electron chi connectivity index (χ1n) is 9.30. The molecule has 0 aliphatic carbocycles.